The number of aliphatic hydroxyl groups excluding tert-OH is 1. The van der Waals surface area contributed by atoms with Crippen molar-refractivity contribution in [2.24, 2.45) is 0 Å². The molecule has 2 heterocycles. The van der Waals surface area contributed by atoms with E-state index in [2.05, 4.69) is 11.1 Å². The molecule has 0 amide bonds. The van der Waals surface area contributed by atoms with Crippen LogP contribution >= 0.6 is 22.7 Å². The highest BCUT2D eigenvalue weighted by Gasteiger charge is 2.15. The molecule has 4 heteroatoms. The van der Waals surface area contributed by atoms with E-state index in [1.54, 1.807) is 22.7 Å². The van der Waals surface area contributed by atoms with Crippen LogP contribution in [0.25, 0.3) is 0 Å². The van der Waals surface area contributed by atoms with Gasteiger partial charge in [0, 0.05) is 11.3 Å². The van der Waals surface area contributed by atoms with Gasteiger partial charge >= 0.3 is 0 Å². The van der Waals surface area contributed by atoms with E-state index in [1.165, 1.54) is 4.88 Å². The van der Waals surface area contributed by atoms with Gasteiger partial charge in [0.2, 0.25) is 0 Å². The van der Waals surface area contributed by atoms with Gasteiger partial charge in [0.15, 0.2) is 0 Å². The minimum absolute atomic E-state index is 0.408. The molecule has 2 aromatic rings. The first-order valence-corrected chi connectivity index (χ1v) is 6.51. The molecule has 0 aliphatic rings. The van der Waals surface area contributed by atoms with Crippen LogP contribution in [-0.2, 0) is 6.42 Å². The maximum absolute atomic E-state index is 10.1. The summed E-state index contributed by atoms with van der Waals surface area (Å²) in [7, 11) is 0. The first kappa shape index (κ1) is 10.8. The Labute approximate surface area is 97.2 Å². The van der Waals surface area contributed by atoms with Gasteiger partial charge in [0.05, 0.1) is 21.7 Å². The summed E-state index contributed by atoms with van der Waals surface area (Å²) >= 11 is 3.27. The van der Waals surface area contributed by atoms with E-state index in [1.807, 2.05) is 25.3 Å². The smallest absolute Gasteiger partial charge is 0.0948 e. The number of rotatable bonds is 3. The normalized spacial score (nSPS) is 13.0. The molecule has 0 aliphatic carbocycles. The highest BCUT2D eigenvalue weighted by Crippen LogP contribution is 2.28. The fourth-order valence-electron chi connectivity index (χ4n) is 1.57. The van der Waals surface area contributed by atoms with Crippen molar-refractivity contribution in [3.05, 3.63) is 38.0 Å². The third kappa shape index (κ3) is 2.45. The van der Waals surface area contributed by atoms with Crippen LogP contribution in [-0.4, -0.2) is 10.1 Å². The lowest BCUT2D eigenvalue weighted by Crippen LogP contribution is -1.99. The lowest BCUT2D eigenvalue weighted by atomic mass is 10.2. The highest BCUT2D eigenvalue weighted by molar-refractivity contribution is 7.11. The molecule has 15 heavy (non-hydrogen) atoms. The predicted molar refractivity (Wildman–Crippen MR) is 64.6 cm³/mol. The zero-order valence-electron chi connectivity index (χ0n) is 8.73. The molecule has 0 bridgehead atoms. The van der Waals surface area contributed by atoms with Crippen LogP contribution in [0.15, 0.2) is 17.5 Å². The van der Waals surface area contributed by atoms with Gasteiger partial charge in [-0.2, -0.15) is 0 Å². The predicted octanol–water partition coefficient (Wildman–Crippen LogP) is 3.10. The summed E-state index contributed by atoms with van der Waals surface area (Å²) in [5.74, 6) is 0. The molecule has 1 N–H and O–H groups in total. The summed E-state index contributed by atoms with van der Waals surface area (Å²) in [6, 6.07) is 4.06. The van der Waals surface area contributed by atoms with Gasteiger partial charge in [-0.1, -0.05) is 6.07 Å². The van der Waals surface area contributed by atoms with Crippen LogP contribution in [0.5, 0.6) is 0 Å². The van der Waals surface area contributed by atoms with E-state index >= 15 is 0 Å². The Hall–Kier alpha value is -0.710. The first-order valence-electron chi connectivity index (χ1n) is 4.81. The zero-order chi connectivity index (χ0) is 10.8. The number of thiazole rings is 1. The molecule has 2 rings (SSSR count). The SMILES string of the molecule is Cc1nc(C)c(C(O)Cc2cccs2)s1. The Kier molecular flexibility index (Phi) is 3.19. The Morgan fingerprint density at radius 2 is 2.27 bits per heavy atom. The summed E-state index contributed by atoms with van der Waals surface area (Å²) in [6.45, 7) is 3.93. The molecule has 0 fully saturated rings. The quantitative estimate of drug-likeness (QED) is 0.893. The molecule has 0 spiro atoms. The fraction of sp³-hybridized carbons (Fsp3) is 0.364. The second kappa shape index (κ2) is 4.43. The van der Waals surface area contributed by atoms with Crippen molar-refractivity contribution in [1.29, 1.82) is 0 Å². The van der Waals surface area contributed by atoms with Crippen molar-refractivity contribution in [3.63, 3.8) is 0 Å². The fourth-order valence-corrected chi connectivity index (χ4v) is 3.22. The van der Waals surface area contributed by atoms with Crippen LogP contribution in [0.4, 0.5) is 0 Å². The minimum atomic E-state index is -0.408. The summed E-state index contributed by atoms with van der Waals surface area (Å²) in [5, 5.41) is 13.1. The number of thiophene rings is 1. The van der Waals surface area contributed by atoms with Gasteiger partial charge in [0.25, 0.3) is 0 Å². The lowest BCUT2D eigenvalue weighted by molar-refractivity contribution is 0.182. The Morgan fingerprint density at radius 3 is 2.80 bits per heavy atom. The second-order valence-electron chi connectivity index (χ2n) is 3.48. The van der Waals surface area contributed by atoms with Gasteiger partial charge in [0.1, 0.15) is 0 Å². The van der Waals surface area contributed by atoms with Crippen molar-refractivity contribution < 1.29 is 5.11 Å². The molecule has 1 atom stereocenters. The minimum Gasteiger partial charge on any atom is -0.387 e. The third-order valence-electron chi connectivity index (χ3n) is 2.22. The topological polar surface area (TPSA) is 33.1 Å². The van der Waals surface area contributed by atoms with Gasteiger partial charge in [-0.25, -0.2) is 4.98 Å². The van der Waals surface area contributed by atoms with Crippen molar-refractivity contribution in [3.8, 4) is 0 Å². The molecule has 2 nitrogen and oxygen atoms in total. The molecule has 0 aromatic carbocycles. The Balaban J connectivity index is 2.14. The molecular formula is C11H13NOS2. The van der Waals surface area contributed by atoms with Crippen LogP contribution < -0.4 is 0 Å². The lowest BCUT2D eigenvalue weighted by Gasteiger charge is -2.07. The average Bonchev–Trinajstić information content (AvgIpc) is 2.75. The highest BCUT2D eigenvalue weighted by atomic mass is 32.1. The van der Waals surface area contributed by atoms with Crippen LogP contribution in [0.2, 0.25) is 0 Å². The Bertz CT molecular complexity index is 433. The van der Waals surface area contributed by atoms with Crippen LogP contribution in [0, 0.1) is 13.8 Å². The van der Waals surface area contributed by atoms with E-state index in [9.17, 15) is 5.11 Å². The van der Waals surface area contributed by atoms with E-state index in [0.717, 1.165) is 15.6 Å². The molecular weight excluding hydrogens is 226 g/mol. The monoisotopic (exact) mass is 239 g/mol. The maximum atomic E-state index is 10.1. The van der Waals surface area contributed by atoms with Gasteiger partial charge in [-0.05, 0) is 25.3 Å². The first-order chi connectivity index (χ1) is 7.16. The molecule has 80 valence electrons. The molecule has 0 saturated heterocycles. The van der Waals surface area contributed by atoms with Gasteiger partial charge in [-0.3, -0.25) is 0 Å². The Morgan fingerprint density at radius 1 is 1.47 bits per heavy atom. The van der Waals surface area contributed by atoms with E-state index in [-0.39, 0.29) is 0 Å². The number of aryl methyl sites for hydroxylation is 2. The number of hydrogen-bond acceptors (Lipinski definition) is 4. The number of nitrogens with zero attached hydrogens (tertiary/aromatic N) is 1. The molecule has 2 aromatic heterocycles. The van der Waals surface area contributed by atoms with Crippen LogP contribution in [0.3, 0.4) is 0 Å². The van der Waals surface area contributed by atoms with Gasteiger partial charge < -0.3 is 5.11 Å². The zero-order valence-corrected chi connectivity index (χ0v) is 10.4. The largest absolute Gasteiger partial charge is 0.387 e. The molecule has 1 unspecified atom stereocenters. The van der Waals surface area contributed by atoms with E-state index in [4.69, 9.17) is 0 Å². The third-order valence-corrected chi connectivity index (χ3v) is 4.29. The summed E-state index contributed by atoms with van der Waals surface area (Å²) in [5.41, 5.74) is 0.960. The van der Waals surface area contributed by atoms with Crippen LogP contribution in [0.1, 0.15) is 26.6 Å². The number of aliphatic hydroxyl groups is 1. The van der Waals surface area contributed by atoms with Crippen molar-refractivity contribution in [2.45, 2.75) is 26.4 Å². The summed E-state index contributed by atoms with van der Waals surface area (Å²) < 4.78 is 0. The van der Waals surface area contributed by atoms with Gasteiger partial charge in [-0.15, -0.1) is 22.7 Å². The number of hydrogen-bond donors (Lipinski definition) is 1. The molecule has 0 aliphatic heterocycles. The van der Waals surface area contributed by atoms with Crippen molar-refractivity contribution in [2.75, 3.05) is 0 Å². The molecule has 0 saturated carbocycles. The second-order valence-corrected chi connectivity index (χ2v) is 5.75. The standard InChI is InChI=1S/C11H13NOS2/c1-7-11(15-8(2)12-7)10(13)6-9-4-3-5-14-9/h3-5,10,13H,6H2,1-2H3. The summed E-state index contributed by atoms with van der Waals surface area (Å²) in [6.07, 6.45) is 0.287. The summed E-state index contributed by atoms with van der Waals surface area (Å²) in [4.78, 5) is 6.54. The van der Waals surface area contributed by atoms with E-state index in [0.29, 0.717) is 6.42 Å². The molecule has 0 radical (unpaired) electrons. The number of aromatic nitrogens is 1. The van der Waals surface area contributed by atoms with Crippen molar-refractivity contribution >= 4 is 22.7 Å². The average molecular weight is 239 g/mol. The van der Waals surface area contributed by atoms with Crippen molar-refractivity contribution in [1.82, 2.24) is 4.98 Å². The van der Waals surface area contributed by atoms with E-state index < -0.39 is 6.10 Å². The maximum Gasteiger partial charge on any atom is 0.0948 e.